The molecular formula is C9H14N2O2. The van der Waals surface area contributed by atoms with Gasteiger partial charge in [0.15, 0.2) is 11.5 Å². The number of hydrogen-bond acceptors (Lipinski definition) is 4. The van der Waals surface area contributed by atoms with Crippen molar-refractivity contribution in [3.63, 3.8) is 0 Å². The summed E-state index contributed by atoms with van der Waals surface area (Å²) in [5, 5.41) is 3.70. The van der Waals surface area contributed by atoms with E-state index in [2.05, 4.69) is 5.16 Å². The molecule has 0 spiro atoms. The Kier molecular flexibility index (Phi) is 2.83. The Balaban J connectivity index is 3.06. The van der Waals surface area contributed by atoms with E-state index < -0.39 is 0 Å². The molecule has 0 aliphatic carbocycles. The minimum Gasteiger partial charge on any atom is -0.360 e. The first-order valence-corrected chi connectivity index (χ1v) is 4.27. The zero-order chi connectivity index (χ0) is 10.0. The van der Waals surface area contributed by atoms with E-state index in [-0.39, 0.29) is 18.2 Å². The zero-order valence-electron chi connectivity index (χ0n) is 8.13. The van der Waals surface area contributed by atoms with Crippen LogP contribution in [0.15, 0.2) is 4.52 Å². The van der Waals surface area contributed by atoms with Crippen molar-refractivity contribution >= 4 is 5.78 Å². The minimum absolute atomic E-state index is 0.0229. The van der Waals surface area contributed by atoms with Crippen LogP contribution in [-0.4, -0.2) is 17.5 Å². The molecule has 0 aliphatic rings. The fourth-order valence-corrected chi connectivity index (χ4v) is 1.24. The summed E-state index contributed by atoms with van der Waals surface area (Å²) in [6.07, 6.45) is 0. The Morgan fingerprint density at radius 1 is 1.62 bits per heavy atom. The predicted octanol–water partition coefficient (Wildman–Crippen LogP) is 1.25. The van der Waals surface area contributed by atoms with Gasteiger partial charge in [0.05, 0.1) is 6.54 Å². The molecule has 4 heteroatoms. The lowest BCUT2D eigenvalue weighted by Gasteiger charge is -1.98. The van der Waals surface area contributed by atoms with E-state index in [1.165, 1.54) is 0 Å². The van der Waals surface area contributed by atoms with Gasteiger partial charge in [-0.05, 0) is 6.92 Å². The first-order chi connectivity index (χ1) is 6.07. The van der Waals surface area contributed by atoms with E-state index >= 15 is 0 Å². The Morgan fingerprint density at radius 3 is 2.62 bits per heavy atom. The molecular weight excluding hydrogens is 168 g/mol. The highest BCUT2D eigenvalue weighted by Crippen LogP contribution is 2.21. The van der Waals surface area contributed by atoms with E-state index in [1.807, 2.05) is 20.8 Å². The average Bonchev–Trinajstić information content (AvgIpc) is 2.46. The van der Waals surface area contributed by atoms with Gasteiger partial charge in [0.2, 0.25) is 0 Å². The van der Waals surface area contributed by atoms with Gasteiger partial charge in [0.1, 0.15) is 5.76 Å². The maximum atomic E-state index is 11.2. The molecule has 0 saturated heterocycles. The highest BCUT2D eigenvalue weighted by atomic mass is 16.5. The van der Waals surface area contributed by atoms with Gasteiger partial charge in [-0.3, -0.25) is 4.79 Å². The number of hydrogen-bond donors (Lipinski definition) is 1. The first kappa shape index (κ1) is 9.92. The molecule has 0 atom stereocenters. The molecule has 0 aromatic carbocycles. The largest absolute Gasteiger partial charge is 0.360 e. The van der Waals surface area contributed by atoms with Crippen LogP contribution in [0.25, 0.3) is 0 Å². The minimum atomic E-state index is -0.173. The molecule has 2 N–H and O–H groups in total. The molecule has 0 saturated carbocycles. The maximum absolute atomic E-state index is 11.2. The van der Waals surface area contributed by atoms with Gasteiger partial charge < -0.3 is 10.3 Å². The molecule has 0 unspecified atom stereocenters. The van der Waals surface area contributed by atoms with E-state index in [4.69, 9.17) is 10.3 Å². The number of carbonyl (C=O) groups excluding carboxylic acids is 1. The number of nitrogens with zero attached hydrogens (tertiary/aromatic N) is 1. The van der Waals surface area contributed by atoms with Crippen molar-refractivity contribution in [1.82, 2.24) is 5.16 Å². The van der Waals surface area contributed by atoms with Crippen LogP contribution in [0.1, 0.15) is 41.6 Å². The summed E-state index contributed by atoms with van der Waals surface area (Å²) in [5.41, 5.74) is 6.40. The van der Waals surface area contributed by atoms with Gasteiger partial charge >= 0.3 is 0 Å². The van der Waals surface area contributed by atoms with Gasteiger partial charge in [-0.25, -0.2) is 0 Å². The topological polar surface area (TPSA) is 69.1 Å². The second kappa shape index (κ2) is 3.70. The van der Waals surface area contributed by atoms with Gasteiger partial charge in [-0.1, -0.05) is 19.0 Å². The Bertz CT molecular complexity index is 315. The highest BCUT2D eigenvalue weighted by Gasteiger charge is 2.18. The maximum Gasteiger partial charge on any atom is 0.198 e. The van der Waals surface area contributed by atoms with Crippen LogP contribution in [0.4, 0.5) is 0 Å². The summed E-state index contributed by atoms with van der Waals surface area (Å²) in [7, 11) is 0. The third-order valence-electron chi connectivity index (χ3n) is 1.93. The fraction of sp³-hybridized carbons (Fsp3) is 0.556. The predicted molar refractivity (Wildman–Crippen MR) is 48.7 cm³/mol. The molecule has 1 aromatic heterocycles. The lowest BCUT2D eigenvalue weighted by atomic mass is 10.0. The molecule has 72 valence electrons. The van der Waals surface area contributed by atoms with Crippen molar-refractivity contribution < 1.29 is 9.32 Å². The van der Waals surface area contributed by atoms with E-state index in [9.17, 15) is 4.79 Å². The summed E-state index contributed by atoms with van der Waals surface area (Å²) in [6.45, 7) is 5.79. The molecule has 1 heterocycles. The molecule has 1 rings (SSSR count). The number of nitrogens with two attached hydrogens (primary N) is 1. The fourth-order valence-electron chi connectivity index (χ4n) is 1.24. The van der Waals surface area contributed by atoms with Crippen molar-refractivity contribution in [3.05, 3.63) is 17.0 Å². The summed E-state index contributed by atoms with van der Waals surface area (Å²) < 4.78 is 5.05. The van der Waals surface area contributed by atoms with Crippen LogP contribution in [0, 0.1) is 6.92 Å². The van der Waals surface area contributed by atoms with Crippen molar-refractivity contribution in [2.75, 3.05) is 6.54 Å². The van der Waals surface area contributed by atoms with Crippen molar-refractivity contribution in [2.24, 2.45) is 5.73 Å². The Labute approximate surface area is 77.1 Å². The highest BCUT2D eigenvalue weighted by molar-refractivity contribution is 5.96. The monoisotopic (exact) mass is 182 g/mol. The van der Waals surface area contributed by atoms with Gasteiger partial charge in [0.25, 0.3) is 0 Å². The normalized spacial score (nSPS) is 10.8. The van der Waals surface area contributed by atoms with E-state index in [0.29, 0.717) is 5.69 Å². The van der Waals surface area contributed by atoms with Crippen LogP contribution < -0.4 is 5.73 Å². The molecule has 0 amide bonds. The SMILES string of the molecule is Cc1c(C(=O)CN)noc1C(C)C. The van der Waals surface area contributed by atoms with Gasteiger partial charge in [-0.15, -0.1) is 0 Å². The molecule has 0 radical (unpaired) electrons. The van der Waals surface area contributed by atoms with Crippen LogP contribution >= 0.6 is 0 Å². The van der Waals surface area contributed by atoms with Crippen LogP contribution in [0.2, 0.25) is 0 Å². The van der Waals surface area contributed by atoms with E-state index in [1.54, 1.807) is 0 Å². The van der Waals surface area contributed by atoms with Crippen molar-refractivity contribution in [2.45, 2.75) is 26.7 Å². The van der Waals surface area contributed by atoms with Crippen molar-refractivity contribution in [1.29, 1.82) is 0 Å². The van der Waals surface area contributed by atoms with Crippen molar-refractivity contribution in [3.8, 4) is 0 Å². The van der Waals surface area contributed by atoms with Crippen LogP contribution in [0.5, 0.6) is 0 Å². The number of ketones is 1. The first-order valence-electron chi connectivity index (χ1n) is 4.27. The number of rotatable bonds is 3. The number of aromatic nitrogens is 1. The second-order valence-corrected chi connectivity index (χ2v) is 3.30. The summed E-state index contributed by atoms with van der Waals surface area (Å²) in [5.74, 6) is 0.830. The molecule has 13 heavy (non-hydrogen) atoms. The Morgan fingerprint density at radius 2 is 2.23 bits per heavy atom. The zero-order valence-corrected chi connectivity index (χ0v) is 8.13. The van der Waals surface area contributed by atoms with E-state index in [0.717, 1.165) is 11.3 Å². The average molecular weight is 182 g/mol. The van der Waals surface area contributed by atoms with Gasteiger partial charge in [0, 0.05) is 11.5 Å². The molecule has 0 aliphatic heterocycles. The lowest BCUT2D eigenvalue weighted by molar-refractivity contribution is 0.0992. The molecule has 4 nitrogen and oxygen atoms in total. The third kappa shape index (κ3) is 1.78. The standard InChI is InChI=1S/C9H14N2O2/c1-5(2)9-6(3)8(11-13-9)7(12)4-10/h5H,4,10H2,1-3H3. The number of Topliss-reactive ketones (excluding diaryl/α,β-unsaturated/α-hetero) is 1. The van der Waals surface area contributed by atoms with Crippen LogP contribution in [0.3, 0.4) is 0 Å². The van der Waals surface area contributed by atoms with Gasteiger partial charge in [-0.2, -0.15) is 0 Å². The molecule has 1 aromatic rings. The second-order valence-electron chi connectivity index (χ2n) is 3.30. The summed E-state index contributed by atoms with van der Waals surface area (Å²) >= 11 is 0. The van der Waals surface area contributed by atoms with Crippen LogP contribution in [-0.2, 0) is 0 Å². The summed E-state index contributed by atoms with van der Waals surface area (Å²) in [4.78, 5) is 11.2. The quantitative estimate of drug-likeness (QED) is 0.714. The smallest absolute Gasteiger partial charge is 0.198 e. The Hall–Kier alpha value is -1.16. The summed E-state index contributed by atoms with van der Waals surface area (Å²) in [6, 6.07) is 0. The number of carbonyl (C=O) groups is 1. The lowest BCUT2D eigenvalue weighted by Crippen LogP contribution is -2.14. The third-order valence-corrected chi connectivity index (χ3v) is 1.93. The molecule has 0 fully saturated rings. The molecule has 0 bridgehead atoms.